The molecule has 0 aliphatic rings. The van der Waals surface area contributed by atoms with Crippen LogP contribution < -0.4 is 41.0 Å². The summed E-state index contributed by atoms with van der Waals surface area (Å²) in [5, 5.41) is 14.4. The molecule has 8 aromatic rings. The van der Waals surface area contributed by atoms with Crippen LogP contribution in [0.15, 0.2) is 192 Å². The van der Waals surface area contributed by atoms with E-state index in [0.717, 1.165) is 22.3 Å². The molecule has 0 bridgehead atoms. The highest BCUT2D eigenvalue weighted by Crippen LogP contribution is 2.46. The van der Waals surface area contributed by atoms with E-state index in [-0.39, 0.29) is 56.9 Å². The van der Waals surface area contributed by atoms with Crippen molar-refractivity contribution in [3.05, 3.63) is 215 Å². The number of ether oxygens (including phenoxy) is 6. The van der Waals surface area contributed by atoms with Gasteiger partial charge in [0.25, 0.3) is 11.8 Å². The second kappa shape index (κ2) is 24.6. The molecule has 0 heterocycles. The van der Waals surface area contributed by atoms with Crippen LogP contribution in [0.2, 0.25) is 0 Å². The van der Waals surface area contributed by atoms with Crippen molar-refractivity contribution in [3.8, 4) is 45.3 Å². The molecular formula is C60H54N6O10. The van der Waals surface area contributed by atoms with E-state index < -0.39 is 49.1 Å². The summed E-state index contributed by atoms with van der Waals surface area (Å²) in [6.45, 7) is -0.819. The van der Waals surface area contributed by atoms with Crippen LogP contribution in [0.25, 0.3) is 22.3 Å². The molecule has 8 aromatic carbocycles. The molecule has 2 amide bonds. The number of nitrogen functional groups attached to an aromatic ring is 2. The molecule has 0 radical (unpaired) electrons. The fourth-order valence-electron chi connectivity index (χ4n) is 8.29. The van der Waals surface area contributed by atoms with Gasteiger partial charge in [-0.3, -0.25) is 19.2 Å². The minimum absolute atomic E-state index is 0.130. The number of nitrogens with two attached hydrogens (primary N) is 2. The Hall–Kier alpha value is -9.96. The summed E-state index contributed by atoms with van der Waals surface area (Å²) in [5.74, 6) is -1.34. The maximum absolute atomic E-state index is 13.6. The first-order valence-corrected chi connectivity index (χ1v) is 23.9. The van der Waals surface area contributed by atoms with Gasteiger partial charge in [0.2, 0.25) is 0 Å². The van der Waals surface area contributed by atoms with Crippen molar-refractivity contribution in [3.63, 3.8) is 0 Å². The Morgan fingerprint density at radius 3 is 0.974 bits per heavy atom. The molecule has 0 spiro atoms. The summed E-state index contributed by atoms with van der Waals surface area (Å²) in [6, 6.07) is 54.0. The monoisotopic (exact) mass is 1020 g/mol. The summed E-state index contributed by atoms with van der Waals surface area (Å²) < 4.78 is 34.9. The van der Waals surface area contributed by atoms with Crippen LogP contribution in [-0.4, -0.2) is 65.3 Å². The van der Waals surface area contributed by atoms with Crippen molar-refractivity contribution < 1.29 is 47.6 Å². The van der Waals surface area contributed by atoms with Gasteiger partial charge in [-0.25, -0.2) is 0 Å². The second-order valence-electron chi connectivity index (χ2n) is 17.0. The first-order chi connectivity index (χ1) is 37.0. The Kier molecular flexibility index (Phi) is 17.0. The number of amides is 2. The first-order valence-electron chi connectivity index (χ1n) is 23.9. The summed E-state index contributed by atoms with van der Waals surface area (Å²) in [7, 11) is 5.87. The van der Waals surface area contributed by atoms with E-state index >= 15 is 0 Å². The number of hydrogen-bond acceptors (Lipinski definition) is 14. The van der Waals surface area contributed by atoms with E-state index in [1.54, 1.807) is 60.7 Å². The summed E-state index contributed by atoms with van der Waals surface area (Å²) >= 11 is 0. The Morgan fingerprint density at radius 2 is 0.697 bits per heavy atom. The zero-order valence-electron chi connectivity index (χ0n) is 42.0. The molecule has 0 saturated heterocycles. The largest absolute Gasteiger partial charge is 0.494 e. The number of benzene rings is 8. The number of anilines is 2. The van der Waals surface area contributed by atoms with Crippen LogP contribution in [0.5, 0.6) is 23.0 Å². The van der Waals surface area contributed by atoms with Gasteiger partial charge < -0.3 is 50.5 Å². The van der Waals surface area contributed by atoms with Crippen LogP contribution in [0.4, 0.5) is 22.7 Å². The van der Waals surface area contributed by atoms with Gasteiger partial charge in [-0.05, 0) is 93.0 Å². The predicted molar refractivity (Wildman–Crippen MR) is 289 cm³/mol. The van der Waals surface area contributed by atoms with Crippen LogP contribution in [0.3, 0.4) is 0 Å². The lowest BCUT2D eigenvalue weighted by atomic mass is 10.00. The molecule has 16 heteroatoms. The van der Waals surface area contributed by atoms with Crippen molar-refractivity contribution in [1.82, 2.24) is 10.6 Å². The lowest BCUT2D eigenvalue weighted by Crippen LogP contribution is -2.32. The molecule has 0 aliphatic carbocycles. The lowest BCUT2D eigenvalue weighted by molar-refractivity contribution is -0.147. The topological polar surface area (TPSA) is 224 Å². The Labute approximate surface area is 439 Å². The maximum atomic E-state index is 13.6. The normalized spacial score (nSPS) is 11.0. The fraction of sp³-hybridized carbons (Fsp3) is 0.133. The Balaban J connectivity index is 0.972. The zero-order valence-corrected chi connectivity index (χ0v) is 42.0. The number of esters is 2. The smallest absolute Gasteiger partial charge is 0.326 e. The summed E-state index contributed by atoms with van der Waals surface area (Å²) in [4.78, 5) is 53.5. The van der Waals surface area contributed by atoms with Gasteiger partial charge in [0.1, 0.15) is 13.1 Å². The summed E-state index contributed by atoms with van der Waals surface area (Å²) in [5.41, 5.74) is 19.2. The van der Waals surface area contributed by atoms with E-state index in [2.05, 4.69) is 20.9 Å². The molecule has 6 N–H and O–H groups in total. The van der Waals surface area contributed by atoms with Gasteiger partial charge in [-0.15, -0.1) is 10.2 Å². The second-order valence-corrected chi connectivity index (χ2v) is 17.0. The van der Waals surface area contributed by atoms with Crippen molar-refractivity contribution in [2.45, 2.75) is 12.2 Å². The number of nitrogens with one attached hydrogen (secondary N) is 2. The number of azo groups is 1. The number of methoxy groups -OCH3 is 4. The van der Waals surface area contributed by atoms with E-state index in [4.69, 9.17) is 39.9 Å². The van der Waals surface area contributed by atoms with Crippen LogP contribution in [0, 0.1) is 0 Å². The fourth-order valence-corrected chi connectivity index (χ4v) is 8.29. The molecule has 0 unspecified atom stereocenters. The molecule has 0 atom stereocenters. The van der Waals surface area contributed by atoms with Crippen LogP contribution in [-0.2, 0) is 19.1 Å². The molecule has 0 saturated carbocycles. The number of carbonyl (C=O) groups is 4. The lowest BCUT2D eigenvalue weighted by Gasteiger charge is -2.19. The quantitative estimate of drug-likeness (QED) is 0.0318. The molecule has 0 aromatic heterocycles. The van der Waals surface area contributed by atoms with Crippen LogP contribution in [0.1, 0.15) is 55.2 Å². The van der Waals surface area contributed by atoms with Gasteiger partial charge >= 0.3 is 11.9 Å². The van der Waals surface area contributed by atoms with Crippen molar-refractivity contribution >= 4 is 46.5 Å². The van der Waals surface area contributed by atoms with E-state index in [0.29, 0.717) is 22.3 Å². The molecule has 0 fully saturated rings. The van der Waals surface area contributed by atoms with Gasteiger partial charge in [0, 0.05) is 11.4 Å². The van der Waals surface area contributed by atoms with Gasteiger partial charge in [0.15, 0.2) is 46.6 Å². The molecule has 384 valence electrons. The van der Waals surface area contributed by atoms with Crippen molar-refractivity contribution in [2.75, 3.05) is 53.0 Å². The summed E-state index contributed by atoms with van der Waals surface area (Å²) in [6.07, 6.45) is -1.35. The zero-order chi connectivity index (χ0) is 53.6. The average Bonchev–Trinajstić information content (AvgIpc) is 3.46. The SMILES string of the molecule is COc1cc(-c2ccc(N)c(C(=O)NCC(=O)OC(c3ccccc3)c3ccccc3)c2)cc(OC)c1N=Nc1c(OC)cc(-c2ccc(N)c(C(=O)NCC(=O)OC(c3ccccc3)c3ccccc3)c2)cc1OC. The molecular weight excluding hydrogens is 965 g/mol. The molecule has 76 heavy (non-hydrogen) atoms. The minimum atomic E-state index is -0.677. The van der Waals surface area contributed by atoms with Crippen molar-refractivity contribution in [1.29, 1.82) is 0 Å². The highest BCUT2D eigenvalue weighted by Gasteiger charge is 2.24. The van der Waals surface area contributed by atoms with Gasteiger partial charge in [0.05, 0.1) is 39.6 Å². The maximum Gasteiger partial charge on any atom is 0.326 e. The standard InChI is InChI=1S/C60H54N6O10/c1-71-49-31-43(41-25-27-47(61)45(29-41)59(69)63-35-53(67)75-57(37-17-9-5-10-18-37)38-19-11-6-12-20-38)32-50(72-2)55(49)65-66-56-51(73-3)33-44(34-52(56)74-4)42-26-28-48(62)46(30-42)60(70)64-36-54(68)76-58(39-21-13-7-14-22-39)40-23-15-8-16-24-40/h5-34,57-58H,35-36,61-62H2,1-4H3,(H,63,69)(H,64,70). The van der Waals surface area contributed by atoms with Crippen LogP contribution >= 0.6 is 0 Å². The van der Waals surface area contributed by atoms with Crippen molar-refractivity contribution in [2.24, 2.45) is 10.2 Å². The number of hydrogen-bond donors (Lipinski definition) is 4. The minimum Gasteiger partial charge on any atom is -0.494 e. The Morgan fingerprint density at radius 1 is 0.408 bits per heavy atom. The number of rotatable bonds is 20. The Bertz CT molecular complexity index is 3020. The average molecular weight is 1020 g/mol. The highest BCUT2D eigenvalue weighted by molar-refractivity contribution is 6.02. The first kappa shape index (κ1) is 52.4. The molecule has 16 nitrogen and oxygen atoms in total. The predicted octanol–water partition coefficient (Wildman–Crippen LogP) is 10.8. The van der Waals surface area contributed by atoms with Gasteiger partial charge in [-0.2, -0.15) is 0 Å². The highest BCUT2D eigenvalue weighted by atomic mass is 16.5. The number of nitrogens with zero attached hydrogens (tertiary/aromatic N) is 2. The van der Waals surface area contributed by atoms with E-state index in [1.807, 2.05) is 121 Å². The van der Waals surface area contributed by atoms with E-state index in [1.165, 1.54) is 28.4 Å². The third kappa shape index (κ3) is 12.4. The molecule has 0 aliphatic heterocycles. The van der Waals surface area contributed by atoms with E-state index in [9.17, 15) is 19.2 Å². The van der Waals surface area contributed by atoms with Gasteiger partial charge in [-0.1, -0.05) is 133 Å². The molecule has 8 rings (SSSR count). The number of carbonyl (C=O) groups excluding carboxylic acids is 4. The third-order valence-electron chi connectivity index (χ3n) is 12.2. The third-order valence-corrected chi connectivity index (χ3v) is 12.2.